The van der Waals surface area contributed by atoms with Gasteiger partial charge in [0.05, 0.1) is 22.2 Å². The molecule has 0 spiro atoms. The highest BCUT2D eigenvalue weighted by Gasteiger charge is 2.20. The molecular formula is C14H18Cl2FNO3. The molecule has 7 heteroatoms. The maximum absolute atomic E-state index is 13.5. The van der Waals surface area contributed by atoms with Gasteiger partial charge >= 0.3 is 0 Å². The van der Waals surface area contributed by atoms with Crippen molar-refractivity contribution in [1.82, 2.24) is 4.90 Å². The number of nitrogens with zero attached hydrogens (tertiary/aromatic N) is 1. The van der Waals surface area contributed by atoms with E-state index in [9.17, 15) is 9.18 Å². The molecule has 118 valence electrons. The Kier molecular flexibility index (Phi) is 7.96. The number of hydrogen-bond acceptors (Lipinski definition) is 3. The topological polar surface area (TPSA) is 38.8 Å². The Morgan fingerprint density at radius 2 is 1.81 bits per heavy atom. The summed E-state index contributed by atoms with van der Waals surface area (Å²) in [6.07, 6.45) is 0.666. The molecule has 1 rings (SSSR count). The molecule has 4 nitrogen and oxygen atoms in total. The molecule has 0 aliphatic carbocycles. The van der Waals surface area contributed by atoms with Gasteiger partial charge < -0.3 is 14.4 Å². The molecule has 21 heavy (non-hydrogen) atoms. The Morgan fingerprint density at radius 3 is 2.43 bits per heavy atom. The summed E-state index contributed by atoms with van der Waals surface area (Å²) in [5.41, 5.74) is 0.0899. The number of carbonyl (C=O) groups excluding carboxylic acids is 1. The fourth-order valence-electron chi connectivity index (χ4n) is 1.77. The molecule has 1 amide bonds. The lowest BCUT2D eigenvalue weighted by atomic mass is 10.2. The SMILES string of the molecule is COCCCN(CCOC)C(=O)c1cc(F)c(Cl)cc1Cl. The van der Waals surface area contributed by atoms with Crippen LogP contribution in [-0.2, 0) is 9.47 Å². The minimum absolute atomic E-state index is 0.0899. The Balaban J connectivity index is 2.90. The molecule has 0 aliphatic rings. The number of carbonyl (C=O) groups is 1. The van der Waals surface area contributed by atoms with Crippen molar-refractivity contribution in [3.05, 3.63) is 33.6 Å². The molecule has 0 saturated heterocycles. The van der Waals surface area contributed by atoms with Gasteiger partial charge in [-0.15, -0.1) is 0 Å². The molecule has 0 N–H and O–H groups in total. The second-order valence-electron chi connectivity index (χ2n) is 4.38. The zero-order chi connectivity index (χ0) is 15.8. The van der Waals surface area contributed by atoms with Gasteiger partial charge in [-0.1, -0.05) is 23.2 Å². The first-order valence-corrected chi connectivity index (χ1v) is 7.18. The molecule has 0 aromatic heterocycles. The highest BCUT2D eigenvalue weighted by Crippen LogP contribution is 2.25. The van der Waals surface area contributed by atoms with Crippen molar-refractivity contribution in [2.45, 2.75) is 6.42 Å². The number of benzene rings is 1. The van der Waals surface area contributed by atoms with E-state index in [1.54, 1.807) is 19.1 Å². The van der Waals surface area contributed by atoms with Crippen LogP contribution in [0.15, 0.2) is 12.1 Å². The third kappa shape index (κ3) is 5.43. The number of ether oxygens (including phenoxy) is 2. The fraction of sp³-hybridized carbons (Fsp3) is 0.500. The molecular weight excluding hydrogens is 320 g/mol. The summed E-state index contributed by atoms with van der Waals surface area (Å²) in [6.45, 7) is 1.77. The summed E-state index contributed by atoms with van der Waals surface area (Å²) in [5, 5.41) is 0.0138. The zero-order valence-corrected chi connectivity index (χ0v) is 13.5. The lowest BCUT2D eigenvalue weighted by Crippen LogP contribution is -2.35. The average molecular weight is 338 g/mol. The second kappa shape index (κ2) is 9.20. The second-order valence-corrected chi connectivity index (χ2v) is 5.19. The van der Waals surface area contributed by atoms with Crippen molar-refractivity contribution >= 4 is 29.1 Å². The lowest BCUT2D eigenvalue weighted by Gasteiger charge is -2.23. The van der Waals surface area contributed by atoms with Gasteiger partial charge in [0, 0.05) is 33.9 Å². The number of halogens is 3. The summed E-state index contributed by atoms with van der Waals surface area (Å²) in [6, 6.07) is 2.29. The van der Waals surface area contributed by atoms with Crippen LogP contribution in [0.1, 0.15) is 16.8 Å². The average Bonchev–Trinajstić information content (AvgIpc) is 2.46. The highest BCUT2D eigenvalue weighted by atomic mass is 35.5. The van der Waals surface area contributed by atoms with Crippen LogP contribution in [0.3, 0.4) is 0 Å². The normalized spacial score (nSPS) is 10.7. The molecule has 0 heterocycles. The van der Waals surface area contributed by atoms with Crippen molar-refractivity contribution in [2.75, 3.05) is 40.5 Å². The largest absolute Gasteiger partial charge is 0.385 e. The first kappa shape index (κ1) is 18.2. The zero-order valence-electron chi connectivity index (χ0n) is 12.0. The minimum atomic E-state index is -0.673. The summed E-state index contributed by atoms with van der Waals surface area (Å²) < 4.78 is 23.5. The van der Waals surface area contributed by atoms with Crippen LogP contribution < -0.4 is 0 Å². The van der Waals surface area contributed by atoms with Crippen molar-refractivity contribution < 1.29 is 18.7 Å². The summed E-state index contributed by atoms with van der Waals surface area (Å²) >= 11 is 11.6. The minimum Gasteiger partial charge on any atom is -0.385 e. The van der Waals surface area contributed by atoms with Crippen molar-refractivity contribution in [3.63, 3.8) is 0 Å². The van der Waals surface area contributed by atoms with E-state index in [0.29, 0.717) is 32.7 Å². The van der Waals surface area contributed by atoms with E-state index in [2.05, 4.69) is 0 Å². The van der Waals surface area contributed by atoms with Gasteiger partial charge in [0.1, 0.15) is 5.82 Å². The molecule has 0 aliphatic heterocycles. The Morgan fingerprint density at radius 1 is 1.14 bits per heavy atom. The molecule has 0 radical (unpaired) electrons. The maximum atomic E-state index is 13.5. The van der Waals surface area contributed by atoms with E-state index < -0.39 is 5.82 Å². The number of rotatable bonds is 8. The third-order valence-electron chi connectivity index (χ3n) is 2.87. The van der Waals surface area contributed by atoms with Gasteiger partial charge in [-0.2, -0.15) is 0 Å². The van der Waals surface area contributed by atoms with E-state index in [1.807, 2.05) is 0 Å². The summed E-state index contributed by atoms with van der Waals surface area (Å²) in [4.78, 5) is 14.0. The van der Waals surface area contributed by atoms with Crippen LogP contribution in [0.25, 0.3) is 0 Å². The first-order chi connectivity index (χ1) is 10.0. The number of hydrogen-bond donors (Lipinski definition) is 0. The van der Waals surface area contributed by atoms with Crippen LogP contribution in [0.4, 0.5) is 4.39 Å². The quantitative estimate of drug-likeness (QED) is 0.539. The van der Waals surface area contributed by atoms with E-state index in [-0.39, 0.29) is 21.5 Å². The molecule has 1 aromatic carbocycles. The van der Waals surface area contributed by atoms with Crippen LogP contribution in [0.2, 0.25) is 10.0 Å². The van der Waals surface area contributed by atoms with Crippen molar-refractivity contribution in [1.29, 1.82) is 0 Å². The predicted octanol–water partition coefficient (Wildman–Crippen LogP) is 3.26. The number of amides is 1. The van der Waals surface area contributed by atoms with Crippen LogP contribution >= 0.6 is 23.2 Å². The molecule has 0 fully saturated rings. The van der Waals surface area contributed by atoms with E-state index >= 15 is 0 Å². The molecule has 1 aromatic rings. The van der Waals surface area contributed by atoms with Crippen molar-refractivity contribution in [2.24, 2.45) is 0 Å². The predicted molar refractivity (Wildman–Crippen MR) is 80.7 cm³/mol. The van der Waals surface area contributed by atoms with Gasteiger partial charge in [-0.05, 0) is 18.6 Å². The highest BCUT2D eigenvalue weighted by molar-refractivity contribution is 6.36. The molecule has 0 unspecified atom stereocenters. The van der Waals surface area contributed by atoms with Crippen LogP contribution in [-0.4, -0.2) is 51.3 Å². The molecule has 0 bridgehead atoms. The maximum Gasteiger partial charge on any atom is 0.255 e. The monoisotopic (exact) mass is 337 g/mol. The summed E-state index contributed by atoms with van der Waals surface area (Å²) in [7, 11) is 3.14. The van der Waals surface area contributed by atoms with Crippen LogP contribution in [0.5, 0.6) is 0 Å². The van der Waals surface area contributed by atoms with Crippen molar-refractivity contribution in [3.8, 4) is 0 Å². The number of methoxy groups -OCH3 is 2. The first-order valence-electron chi connectivity index (χ1n) is 6.43. The molecule has 0 saturated carbocycles. The Bertz CT molecular complexity index is 486. The van der Waals surface area contributed by atoms with Gasteiger partial charge in [0.25, 0.3) is 5.91 Å². The Labute approximate surface area is 133 Å². The molecule has 0 atom stereocenters. The van der Waals surface area contributed by atoms with Gasteiger partial charge in [-0.25, -0.2) is 4.39 Å². The van der Waals surface area contributed by atoms with Gasteiger partial charge in [0.2, 0.25) is 0 Å². The fourth-order valence-corrected chi connectivity index (χ4v) is 2.24. The Hall–Kier alpha value is -0.880. The van der Waals surface area contributed by atoms with Crippen LogP contribution in [0, 0.1) is 5.82 Å². The van der Waals surface area contributed by atoms with E-state index in [0.717, 1.165) is 6.07 Å². The van der Waals surface area contributed by atoms with E-state index in [1.165, 1.54) is 6.07 Å². The van der Waals surface area contributed by atoms with E-state index in [4.69, 9.17) is 32.7 Å². The lowest BCUT2D eigenvalue weighted by molar-refractivity contribution is 0.0674. The van der Waals surface area contributed by atoms with Gasteiger partial charge in [0.15, 0.2) is 0 Å². The van der Waals surface area contributed by atoms with Gasteiger partial charge in [-0.3, -0.25) is 4.79 Å². The third-order valence-corrected chi connectivity index (χ3v) is 3.47. The smallest absolute Gasteiger partial charge is 0.255 e. The standard InChI is InChI=1S/C14H18Cl2FNO3/c1-20-6-3-4-18(5-7-21-2)14(19)10-8-13(17)12(16)9-11(10)15/h8-9H,3-7H2,1-2H3. The summed E-state index contributed by atoms with van der Waals surface area (Å²) in [5.74, 6) is -1.03.